The lowest BCUT2D eigenvalue weighted by Gasteiger charge is -2.40. The summed E-state index contributed by atoms with van der Waals surface area (Å²) in [6.07, 6.45) is 0. The van der Waals surface area contributed by atoms with Gasteiger partial charge in [-0.3, -0.25) is 0 Å². The van der Waals surface area contributed by atoms with Crippen LogP contribution >= 0.6 is 23.4 Å². The van der Waals surface area contributed by atoms with Crippen molar-refractivity contribution < 1.29 is 9.31 Å². The van der Waals surface area contributed by atoms with Crippen LogP contribution in [0.5, 0.6) is 0 Å². The molecule has 4 aromatic carbocycles. The molecule has 0 unspecified atom stereocenters. The van der Waals surface area contributed by atoms with Crippen LogP contribution in [0.25, 0.3) is 11.1 Å². The predicted molar refractivity (Wildman–Crippen MR) is 149 cm³/mol. The lowest BCUT2D eigenvalue weighted by molar-refractivity contribution is 0.00578. The average molecular weight is 509 g/mol. The van der Waals surface area contributed by atoms with Gasteiger partial charge in [0.2, 0.25) is 0 Å². The standard InChI is InChI=1S/C31H26BClO2S/c1-29(2)30(3,4)35-32(34-29)26-18-19(33)17-25-28(26)36-27-16-10-9-15-24(27)31(25)22-13-7-5-11-20(22)21-12-6-8-14-23(21)31/h5-18H,1-4H3. The van der Waals surface area contributed by atoms with Gasteiger partial charge >= 0.3 is 7.12 Å². The van der Waals surface area contributed by atoms with E-state index in [1.54, 1.807) is 11.8 Å². The maximum Gasteiger partial charge on any atom is 0.496 e. The highest BCUT2D eigenvalue weighted by Gasteiger charge is 2.55. The van der Waals surface area contributed by atoms with Crippen molar-refractivity contribution in [2.24, 2.45) is 0 Å². The van der Waals surface area contributed by atoms with Crippen molar-refractivity contribution in [2.75, 3.05) is 0 Å². The molecule has 1 saturated heterocycles. The lowest BCUT2D eigenvalue weighted by atomic mass is 9.65. The van der Waals surface area contributed by atoms with Crippen molar-refractivity contribution >= 4 is 35.9 Å². The van der Waals surface area contributed by atoms with Crippen molar-refractivity contribution in [3.05, 3.63) is 112 Å². The molecular weight excluding hydrogens is 483 g/mol. The quantitative estimate of drug-likeness (QED) is 0.215. The van der Waals surface area contributed by atoms with Crippen LogP contribution in [0.15, 0.2) is 94.7 Å². The Kier molecular flexibility index (Phi) is 4.74. The second-order valence-electron chi connectivity index (χ2n) is 10.9. The number of rotatable bonds is 1. The Labute approximate surface area is 222 Å². The van der Waals surface area contributed by atoms with E-state index in [0.29, 0.717) is 5.02 Å². The van der Waals surface area contributed by atoms with Gasteiger partial charge in [0.1, 0.15) is 0 Å². The molecule has 1 aliphatic carbocycles. The Hall–Kier alpha value is -2.50. The second-order valence-corrected chi connectivity index (χ2v) is 12.4. The monoisotopic (exact) mass is 508 g/mol. The summed E-state index contributed by atoms with van der Waals surface area (Å²) in [5, 5.41) is 0.694. The maximum absolute atomic E-state index is 6.92. The van der Waals surface area contributed by atoms with Crippen LogP contribution < -0.4 is 5.46 Å². The van der Waals surface area contributed by atoms with E-state index in [4.69, 9.17) is 20.9 Å². The second kappa shape index (κ2) is 7.52. The molecule has 0 aromatic heterocycles. The average Bonchev–Trinajstić information content (AvgIpc) is 3.27. The van der Waals surface area contributed by atoms with Gasteiger partial charge in [-0.2, -0.15) is 0 Å². The summed E-state index contributed by atoms with van der Waals surface area (Å²) in [6, 6.07) is 30.6. The Morgan fingerprint density at radius 2 is 1.19 bits per heavy atom. The van der Waals surface area contributed by atoms with Crippen molar-refractivity contribution in [3.8, 4) is 11.1 Å². The normalized spacial score (nSPS) is 19.5. The number of halogens is 1. The van der Waals surface area contributed by atoms with Gasteiger partial charge in [0, 0.05) is 14.8 Å². The molecule has 5 heteroatoms. The number of hydrogen-bond acceptors (Lipinski definition) is 3. The molecule has 7 rings (SSSR count). The smallest absolute Gasteiger partial charge is 0.399 e. The first-order chi connectivity index (χ1) is 17.2. The highest BCUT2D eigenvalue weighted by atomic mass is 35.5. The van der Waals surface area contributed by atoms with Crippen LogP contribution in [0.1, 0.15) is 49.9 Å². The van der Waals surface area contributed by atoms with Gasteiger partial charge in [-0.1, -0.05) is 90.1 Å². The van der Waals surface area contributed by atoms with Crippen LogP contribution in [0, 0.1) is 0 Å². The molecule has 0 atom stereocenters. The van der Waals surface area contributed by atoms with Crippen molar-refractivity contribution in [1.29, 1.82) is 0 Å². The summed E-state index contributed by atoms with van der Waals surface area (Å²) >= 11 is 8.72. The summed E-state index contributed by atoms with van der Waals surface area (Å²) in [4.78, 5) is 2.42. The summed E-state index contributed by atoms with van der Waals surface area (Å²) in [7, 11) is -0.496. The van der Waals surface area contributed by atoms with Gasteiger partial charge in [-0.05, 0) is 84.7 Å². The van der Waals surface area contributed by atoms with E-state index < -0.39 is 23.7 Å². The van der Waals surface area contributed by atoms with Crippen LogP contribution in [0.3, 0.4) is 0 Å². The molecule has 0 radical (unpaired) electrons. The molecule has 1 fully saturated rings. The summed E-state index contributed by atoms with van der Waals surface area (Å²) < 4.78 is 13.1. The van der Waals surface area contributed by atoms with Gasteiger partial charge in [-0.25, -0.2) is 0 Å². The molecule has 2 aliphatic heterocycles. The zero-order chi connectivity index (χ0) is 24.9. The van der Waals surface area contributed by atoms with E-state index in [1.807, 2.05) is 6.07 Å². The Morgan fingerprint density at radius 1 is 0.667 bits per heavy atom. The molecule has 2 nitrogen and oxygen atoms in total. The molecule has 4 aromatic rings. The third-order valence-corrected chi connectivity index (χ3v) is 9.90. The van der Waals surface area contributed by atoms with Gasteiger partial charge in [0.05, 0.1) is 16.6 Å². The summed E-state index contributed by atoms with van der Waals surface area (Å²) in [6.45, 7) is 8.38. The minimum absolute atomic E-state index is 0.436. The molecule has 0 N–H and O–H groups in total. The van der Waals surface area contributed by atoms with Crippen LogP contribution in [-0.4, -0.2) is 18.3 Å². The van der Waals surface area contributed by atoms with Crippen molar-refractivity contribution in [3.63, 3.8) is 0 Å². The minimum atomic E-state index is -0.496. The van der Waals surface area contributed by atoms with Crippen LogP contribution in [-0.2, 0) is 14.7 Å². The van der Waals surface area contributed by atoms with Gasteiger partial charge < -0.3 is 9.31 Å². The molecule has 178 valence electrons. The SMILES string of the molecule is CC1(C)OB(c2cc(Cl)cc3c2Sc2ccccc2C32c3ccccc3-c3ccccc32)OC1(C)C. The Bertz CT molecular complexity index is 1500. The molecular formula is C31H26BClO2S. The molecule has 3 aliphatic rings. The topological polar surface area (TPSA) is 18.5 Å². The molecule has 0 saturated carbocycles. The highest BCUT2D eigenvalue weighted by Crippen LogP contribution is 2.62. The first kappa shape index (κ1) is 22.7. The molecule has 0 bridgehead atoms. The highest BCUT2D eigenvalue weighted by molar-refractivity contribution is 7.99. The van der Waals surface area contributed by atoms with Gasteiger partial charge in [-0.15, -0.1) is 0 Å². The fraction of sp³-hybridized carbons (Fsp3) is 0.226. The summed E-state index contributed by atoms with van der Waals surface area (Å²) in [5.74, 6) is 0. The predicted octanol–water partition coefficient (Wildman–Crippen LogP) is 7.47. The minimum Gasteiger partial charge on any atom is -0.399 e. The largest absolute Gasteiger partial charge is 0.496 e. The lowest BCUT2D eigenvalue weighted by Crippen LogP contribution is -2.41. The van der Waals surface area contributed by atoms with Crippen LogP contribution in [0.4, 0.5) is 0 Å². The van der Waals surface area contributed by atoms with E-state index in [0.717, 1.165) is 5.46 Å². The number of fused-ring (bicyclic) bond motifs is 9. The molecule has 2 heterocycles. The third-order valence-electron chi connectivity index (χ3n) is 8.45. The van der Waals surface area contributed by atoms with E-state index in [1.165, 1.54) is 43.2 Å². The van der Waals surface area contributed by atoms with Gasteiger partial charge in [0.25, 0.3) is 0 Å². The Balaban J connectivity index is 1.58. The van der Waals surface area contributed by atoms with E-state index in [9.17, 15) is 0 Å². The Morgan fingerprint density at radius 3 is 1.81 bits per heavy atom. The summed E-state index contributed by atoms with van der Waals surface area (Å²) in [5.41, 5.74) is 7.29. The third kappa shape index (κ3) is 2.85. The maximum atomic E-state index is 6.92. The zero-order valence-electron chi connectivity index (χ0n) is 20.8. The number of hydrogen-bond donors (Lipinski definition) is 0. The van der Waals surface area contributed by atoms with E-state index in [-0.39, 0.29) is 0 Å². The first-order valence-electron chi connectivity index (χ1n) is 12.4. The van der Waals surface area contributed by atoms with E-state index >= 15 is 0 Å². The first-order valence-corrected chi connectivity index (χ1v) is 13.6. The van der Waals surface area contributed by atoms with Crippen molar-refractivity contribution in [2.45, 2.75) is 54.1 Å². The van der Waals surface area contributed by atoms with E-state index in [2.05, 4.69) is 107 Å². The molecule has 1 spiro atoms. The fourth-order valence-electron chi connectivity index (χ4n) is 6.09. The van der Waals surface area contributed by atoms with Gasteiger partial charge in [0.15, 0.2) is 0 Å². The number of benzene rings is 4. The molecule has 0 amide bonds. The molecule has 36 heavy (non-hydrogen) atoms. The zero-order valence-corrected chi connectivity index (χ0v) is 22.3. The van der Waals surface area contributed by atoms with Crippen LogP contribution in [0.2, 0.25) is 5.02 Å². The fourth-order valence-corrected chi connectivity index (χ4v) is 7.61. The van der Waals surface area contributed by atoms with Crippen molar-refractivity contribution in [1.82, 2.24) is 0 Å².